The van der Waals surface area contributed by atoms with Crippen LogP contribution < -0.4 is 0 Å². The monoisotopic (exact) mass is 330 g/mol. The maximum atomic E-state index is 9.35. The Morgan fingerprint density at radius 2 is 1.44 bits per heavy atom. The molecule has 0 saturated heterocycles. The number of hydrogen-bond acceptors (Lipinski definition) is 4. The molecule has 0 fully saturated rings. The summed E-state index contributed by atoms with van der Waals surface area (Å²) in [5.41, 5.74) is 5.52. The lowest BCUT2D eigenvalue weighted by Gasteiger charge is -2.07. The first-order valence-electron chi connectivity index (χ1n) is 8.25. The summed E-state index contributed by atoms with van der Waals surface area (Å²) in [6, 6.07) is 20.1. The maximum Gasteiger partial charge on any atom is 0.181 e. The van der Waals surface area contributed by atoms with E-state index in [4.69, 9.17) is 5.10 Å². The van der Waals surface area contributed by atoms with Crippen molar-refractivity contribution in [3.05, 3.63) is 66.2 Å². The largest absolute Gasteiger partial charge is 0.394 e. The minimum absolute atomic E-state index is 0.00612. The number of rotatable bonds is 4. The van der Waals surface area contributed by atoms with Crippen LogP contribution in [0, 0.1) is 6.92 Å². The summed E-state index contributed by atoms with van der Waals surface area (Å²) in [5.74, 6) is 0. The molecular weight excluding hydrogens is 312 g/mol. The van der Waals surface area contributed by atoms with Gasteiger partial charge in [-0.2, -0.15) is 5.10 Å². The van der Waals surface area contributed by atoms with E-state index in [9.17, 15) is 5.11 Å². The summed E-state index contributed by atoms with van der Waals surface area (Å²) in [6.45, 7) is 2.45. The van der Waals surface area contributed by atoms with Gasteiger partial charge in [0.2, 0.25) is 0 Å². The second-order valence-corrected chi connectivity index (χ2v) is 5.90. The third kappa shape index (κ3) is 2.68. The van der Waals surface area contributed by atoms with Crippen molar-refractivity contribution in [2.75, 3.05) is 6.61 Å². The SMILES string of the molecule is Cc1c(-c2ccccc2)nnc2c1c(-c1ccccc1)nn2CCO. The molecule has 4 aromatic rings. The van der Waals surface area contributed by atoms with Crippen molar-refractivity contribution in [3.63, 3.8) is 0 Å². The van der Waals surface area contributed by atoms with Crippen LogP contribution in [0.15, 0.2) is 60.7 Å². The van der Waals surface area contributed by atoms with Crippen LogP contribution in [0.2, 0.25) is 0 Å². The third-order valence-corrected chi connectivity index (χ3v) is 4.31. The number of aryl methyl sites for hydroxylation is 1. The van der Waals surface area contributed by atoms with Crippen LogP contribution in [0.4, 0.5) is 0 Å². The van der Waals surface area contributed by atoms with Crippen molar-refractivity contribution < 1.29 is 5.11 Å². The number of hydrogen-bond donors (Lipinski definition) is 1. The first kappa shape index (κ1) is 15.5. The number of aromatic nitrogens is 4. The van der Waals surface area contributed by atoms with Gasteiger partial charge in [-0.05, 0) is 12.5 Å². The standard InChI is InChI=1S/C20H18N4O/c1-14-17-19(16-10-6-3-7-11-16)23-24(12-13-25)20(17)22-21-18(14)15-8-4-2-5-9-15/h2-11,25H,12-13H2,1H3. The Morgan fingerprint density at radius 1 is 0.840 bits per heavy atom. The van der Waals surface area contributed by atoms with Gasteiger partial charge in [-0.1, -0.05) is 60.7 Å². The topological polar surface area (TPSA) is 63.8 Å². The molecule has 2 aromatic heterocycles. The molecule has 4 rings (SSSR count). The van der Waals surface area contributed by atoms with Gasteiger partial charge in [0.25, 0.3) is 0 Å². The van der Waals surface area contributed by atoms with Crippen LogP contribution in [0.3, 0.4) is 0 Å². The predicted molar refractivity (Wildman–Crippen MR) is 98.0 cm³/mol. The highest BCUT2D eigenvalue weighted by molar-refractivity contribution is 5.96. The molecule has 2 aromatic carbocycles. The molecule has 0 saturated carbocycles. The minimum Gasteiger partial charge on any atom is -0.394 e. The zero-order valence-electron chi connectivity index (χ0n) is 13.9. The molecule has 25 heavy (non-hydrogen) atoms. The quantitative estimate of drug-likeness (QED) is 0.622. The van der Waals surface area contributed by atoms with Gasteiger partial charge in [-0.3, -0.25) is 0 Å². The fourth-order valence-corrected chi connectivity index (χ4v) is 3.11. The Balaban J connectivity index is 2.01. The lowest BCUT2D eigenvalue weighted by molar-refractivity contribution is 0.271. The molecule has 0 radical (unpaired) electrons. The van der Waals surface area contributed by atoms with Gasteiger partial charge in [0.1, 0.15) is 5.69 Å². The molecule has 5 nitrogen and oxygen atoms in total. The van der Waals surface area contributed by atoms with Gasteiger partial charge >= 0.3 is 0 Å². The van der Waals surface area contributed by atoms with E-state index in [0.29, 0.717) is 12.2 Å². The maximum absolute atomic E-state index is 9.35. The van der Waals surface area contributed by atoms with E-state index in [1.165, 1.54) is 0 Å². The molecule has 0 aliphatic rings. The van der Waals surface area contributed by atoms with E-state index in [-0.39, 0.29) is 6.61 Å². The summed E-state index contributed by atoms with van der Waals surface area (Å²) in [5, 5.41) is 23.9. The van der Waals surface area contributed by atoms with E-state index in [2.05, 4.69) is 17.1 Å². The minimum atomic E-state index is 0.00612. The highest BCUT2D eigenvalue weighted by atomic mass is 16.3. The van der Waals surface area contributed by atoms with Crippen LogP contribution in [0.25, 0.3) is 33.5 Å². The first-order valence-corrected chi connectivity index (χ1v) is 8.25. The predicted octanol–water partition coefficient (Wildman–Crippen LogP) is 3.46. The molecular formula is C20H18N4O. The van der Waals surface area contributed by atoms with E-state index in [1.54, 1.807) is 4.68 Å². The molecule has 1 N–H and O–H groups in total. The zero-order valence-corrected chi connectivity index (χ0v) is 13.9. The van der Waals surface area contributed by atoms with Crippen LogP contribution in [-0.4, -0.2) is 31.7 Å². The third-order valence-electron chi connectivity index (χ3n) is 4.31. The second-order valence-electron chi connectivity index (χ2n) is 5.90. The van der Waals surface area contributed by atoms with Crippen molar-refractivity contribution in [1.82, 2.24) is 20.0 Å². The molecule has 0 aliphatic carbocycles. The van der Waals surface area contributed by atoms with Crippen molar-refractivity contribution in [3.8, 4) is 22.5 Å². The molecule has 0 aliphatic heterocycles. The Bertz CT molecular complexity index is 1010. The van der Waals surface area contributed by atoms with Gasteiger partial charge in [0.05, 0.1) is 24.2 Å². The number of benzene rings is 2. The number of fused-ring (bicyclic) bond motifs is 1. The van der Waals surface area contributed by atoms with Crippen molar-refractivity contribution in [1.29, 1.82) is 0 Å². The fourth-order valence-electron chi connectivity index (χ4n) is 3.11. The molecule has 0 unspecified atom stereocenters. The summed E-state index contributed by atoms with van der Waals surface area (Å²) in [7, 11) is 0. The van der Waals surface area contributed by atoms with E-state index in [0.717, 1.165) is 33.5 Å². The summed E-state index contributed by atoms with van der Waals surface area (Å²) < 4.78 is 1.73. The van der Waals surface area contributed by atoms with Crippen molar-refractivity contribution in [2.24, 2.45) is 0 Å². The molecule has 0 amide bonds. The summed E-state index contributed by atoms with van der Waals surface area (Å²) in [4.78, 5) is 0. The van der Waals surface area contributed by atoms with E-state index in [1.807, 2.05) is 60.7 Å². The van der Waals surface area contributed by atoms with Gasteiger partial charge in [-0.25, -0.2) is 4.68 Å². The fraction of sp³-hybridized carbons (Fsp3) is 0.150. The van der Waals surface area contributed by atoms with E-state index < -0.39 is 0 Å². The lowest BCUT2D eigenvalue weighted by atomic mass is 10.0. The van der Waals surface area contributed by atoms with Crippen molar-refractivity contribution >= 4 is 11.0 Å². The molecule has 5 heteroatoms. The molecule has 0 spiro atoms. The Morgan fingerprint density at radius 3 is 2.04 bits per heavy atom. The Kier molecular flexibility index (Phi) is 3.99. The number of aliphatic hydroxyl groups is 1. The van der Waals surface area contributed by atoms with Gasteiger partial charge < -0.3 is 5.11 Å². The first-order chi connectivity index (χ1) is 12.3. The Hall–Kier alpha value is -3.05. The van der Waals surface area contributed by atoms with Crippen LogP contribution >= 0.6 is 0 Å². The van der Waals surface area contributed by atoms with Gasteiger partial charge in [0.15, 0.2) is 5.65 Å². The molecule has 0 bridgehead atoms. The highest BCUT2D eigenvalue weighted by Crippen LogP contribution is 2.33. The highest BCUT2D eigenvalue weighted by Gasteiger charge is 2.19. The second kappa shape index (κ2) is 6.45. The van der Waals surface area contributed by atoms with Crippen LogP contribution in [0.5, 0.6) is 0 Å². The molecule has 0 atom stereocenters. The number of aliphatic hydroxyl groups excluding tert-OH is 1. The smallest absolute Gasteiger partial charge is 0.181 e. The molecule has 124 valence electrons. The number of nitrogens with zero attached hydrogens (tertiary/aromatic N) is 4. The lowest BCUT2D eigenvalue weighted by Crippen LogP contribution is -2.05. The van der Waals surface area contributed by atoms with Crippen molar-refractivity contribution in [2.45, 2.75) is 13.5 Å². The normalized spacial score (nSPS) is 11.1. The average Bonchev–Trinajstić information content (AvgIpc) is 3.03. The summed E-state index contributed by atoms with van der Waals surface area (Å²) in [6.07, 6.45) is 0. The van der Waals surface area contributed by atoms with Crippen LogP contribution in [-0.2, 0) is 6.54 Å². The summed E-state index contributed by atoms with van der Waals surface area (Å²) >= 11 is 0. The Labute approximate surface area is 145 Å². The van der Waals surface area contributed by atoms with E-state index >= 15 is 0 Å². The zero-order chi connectivity index (χ0) is 17.2. The van der Waals surface area contributed by atoms with Crippen LogP contribution in [0.1, 0.15) is 5.56 Å². The average molecular weight is 330 g/mol. The van der Waals surface area contributed by atoms with Gasteiger partial charge in [-0.15, -0.1) is 10.2 Å². The van der Waals surface area contributed by atoms with Gasteiger partial charge in [0, 0.05) is 11.1 Å². The molecule has 2 heterocycles.